The number of benzene rings is 1. The molecule has 0 aliphatic rings. The highest BCUT2D eigenvalue weighted by atomic mass is 35.5. The van der Waals surface area contributed by atoms with E-state index >= 15 is 0 Å². The van der Waals surface area contributed by atoms with Crippen LogP contribution in [0.3, 0.4) is 0 Å². The van der Waals surface area contributed by atoms with E-state index < -0.39 is 0 Å². The first kappa shape index (κ1) is 11.2. The van der Waals surface area contributed by atoms with Crippen molar-refractivity contribution in [2.45, 2.75) is 0 Å². The van der Waals surface area contributed by atoms with Crippen molar-refractivity contribution < 1.29 is 4.74 Å². The van der Waals surface area contributed by atoms with Crippen LogP contribution in [0.15, 0.2) is 36.5 Å². The molecule has 1 heterocycles. The van der Waals surface area contributed by atoms with Gasteiger partial charge in [-0.3, -0.25) is 4.98 Å². The second-order valence-corrected chi connectivity index (χ2v) is 4.05. The fourth-order valence-electron chi connectivity index (χ4n) is 1.38. The van der Waals surface area contributed by atoms with Crippen LogP contribution in [-0.4, -0.2) is 12.1 Å². The quantitative estimate of drug-likeness (QED) is 0.806. The maximum atomic E-state index is 5.94. The predicted octanol–water partition coefficient (Wildman–Crippen LogP) is 4.06. The molecule has 0 fully saturated rings. The molecule has 0 amide bonds. The van der Waals surface area contributed by atoms with E-state index in [1.54, 1.807) is 31.5 Å². The van der Waals surface area contributed by atoms with Crippen molar-refractivity contribution in [3.63, 3.8) is 0 Å². The monoisotopic (exact) mass is 253 g/mol. The second kappa shape index (κ2) is 4.73. The summed E-state index contributed by atoms with van der Waals surface area (Å²) >= 11 is 11.8. The Bertz CT molecular complexity index is 514. The molecule has 0 saturated heterocycles. The highest BCUT2D eigenvalue weighted by Crippen LogP contribution is 2.30. The summed E-state index contributed by atoms with van der Waals surface area (Å²) in [6.45, 7) is 0. The molecule has 0 atom stereocenters. The van der Waals surface area contributed by atoms with E-state index in [1.165, 1.54) is 0 Å². The van der Waals surface area contributed by atoms with Gasteiger partial charge in [-0.25, -0.2) is 0 Å². The van der Waals surface area contributed by atoms with Gasteiger partial charge in [-0.1, -0.05) is 29.3 Å². The normalized spacial score (nSPS) is 10.2. The van der Waals surface area contributed by atoms with Crippen molar-refractivity contribution in [1.29, 1.82) is 0 Å². The predicted molar refractivity (Wildman–Crippen MR) is 66.2 cm³/mol. The maximum absolute atomic E-state index is 5.94. The molecular formula is C12H9Cl2NO. The summed E-state index contributed by atoms with van der Waals surface area (Å²) in [5.41, 5.74) is 1.71. The van der Waals surface area contributed by atoms with Gasteiger partial charge in [0.2, 0.25) is 0 Å². The molecule has 1 aromatic heterocycles. The van der Waals surface area contributed by atoms with Gasteiger partial charge in [0.25, 0.3) is 0 Å². The minimum atomic E-state index is 0.577. The molecule has 0 unspecified atom stereocenters. The van der Waals surface area contributed by atoms with E-state index in [0.29, 0.717) is 15.8 Å². The van der Waals surface area contributed by atoms with Crippen molar-refractivity contribution in [3.8, 4) is 17.0 Å². The Balaban J connectivity index is 2.48. The standard InChI is InChI=1S/C12H9Cl2NO/c1-16-12-6-8(2-3-10(12)14)11-7-9(13)4-5-15-11/h2-7H,1H3. The highest BCUT2D eigenvalue weighted by Gasteiger charge is 2.05. The van der Waals surface area contributed by atoms with Gasteiger partial charge in [0.1, 0.15) is 5.75 Å². The van der Waals surface area contributed by atoms with Crippen molar-refractivity contribution in [1.82, 2.24) is 4.98 Å². The third-order valence-corrected chi connectivity index (χ3v) is 2.72. The summed E-state index contributed by atoms with van der Waals surface area (Å²) < 4.78 is 5.14. The fourth-order valence-corrected chi connectivity index (χ4v) is 1.74. The largest absolute Gasteiger partial charge is 0.495 e. The molecule has 0 spiro atoms. The van der Waals surface area contributed by atoms with Crippen LogP contribution in [0, 0.1) is 0 Å². The minimum Gasteiger partial charge on any atom is -0.495 e. The number of hydrogen-bond acceptors (Lipinski definition) is 2. The minimum absolute atomic E-state index is 0.577. The average Bonchev–Trinajstić information content (AvgIpc) is 2.29. The van der Waals surface area contributed by atoms with Crippen molar-refractivity contribution in [2.75, 3.05) is 7.11 Å². The van der Waals surface area contributed by atoms with Crippen LogP contribution in [0.25, 0.3) is 11.3 Å². The van der Waals surface area contributed by atoms with Crippen LogP contribution in [0.4, 0.5) is 0 Å². The number of methoxy groups -OCH3 is 1. The Hall–Kier alpha value is -1.25. The van der Waals surface area contributed by atoms with Crippen LogP contribution < -0.4 is 4.74 Å². The van der Waals surface area contributed by atoms with Crippen LogP contribution in [0.1, 0.15) is 0 Å². The molecule has 0 saturated carbocycles. The van der Waals surface area contributed by atoms with Crippen molar-refractivity contribution in [3.05, 3.63) is 46.6 Å². The van der Waals surface area contributed by atoms with E-state index in [9.17, 15) is 0 Å². The van der Waals surface area contributed by atoms with E-state index in [-0.39, 0.29) is 0 Å². The highest BCUT2D eigenvalue weighted by molar-refractivity contribution is 6.32. The molecule has 0 N–H and O–H groups in total. The first-order valence-corrected chi connectivity index (χ1v) is 5.42. The lowest BCUT2D eigenvalue weighted by Crippen LogP contribution is -1.87. The van der Waals surface area contributed by atoms with Gasteiger partial charge < -0.3 is 4.74 Å². The molecule has 2 rings (SSSR count). The summed E-state index contributed by atoms with van der Waals surface area (Å²) in [6, 6.07) is 9.02. The third-order valence-electron chi connectivity index (χ3n) is 2.17. The van der Waals surface area contributed by atoms with Gasteiger partial charge in [-0.15, -0.1) is 0 Å². The van der Waals surface area contributed by atoms with E-state index in [4.69, 9.17) is 27.9 Å². The molecule has 4 heteroatoms. The molecule has 2 aromatic rings. The summed E-state index contributed by atoms with van der Waals surface area (Å²) in [4.78, 5) is 4.23. The Morgan fingerprint density at radius 1 is 1.12 bits per heavy atom. The number of aromatic nitrogens is 1. The molecule has 2 nitrogen and oxygen atoms in total. The van der Waals surface area contributed by atoms with Crippen molar-refractivity contribution in [2.24, 2.45) is 0 Å². The Kier molecular flexibility index (Phi) is 3.32. The molecule has 0 bridgehead atoms. The molecule has 1 aromatic carbocycles. The summed E-state index contributed by atoms with van der Waals surface area (Å²) in [5.74, 6) is 0.626. The zero-order valence-electron chi connectivity index (χ0n) is 8.58. The number of ether oxygens (including phenoxy) is 1. The van der Waals surface area contributed by atoms with Gasteiger partial charge in [0.05, 0.1) is 17.8 Å². The molecule has 0 aliphatic carbocycles. The Morgan fingerprint density at radius 3 is 2.62 bits per heavy atom. The molecular weight excluding hydrogens is 245 g/mol. The average molecular weight is 254 g/mol. The fraction of sp³-hybridized carbons (Fsp3) is 0.0833. The first-order chi connectivity index (χ1) is 7.70. The molecule has 0 aliphatic heterocycles. The maximum Gasteiger partial charge on any atom is 0.138 e. The lowest BCUT2D eigenvalue weighted by atomic mass is 10.1. The molecule has 0 radical (unpaired) electrons. The SMILES string of the molecule is COc1cc(-c2cc(Cl)ccn2)ccc1Cl. The molecule has 16 heavy (non-hydrogen) atoms. The first-order valence-electron chi connectivity index (χ1n) is 4.66. The number of nitrogens with zero attached hydrogens (tertiary/aromatic N) is 1. The summed E-state index contributed by atoms with van der Waals surface area (Å²) in [5, 5.41) is 1.23. The number of hydrogen-bond donors (Lipinski definition) is 0. The number of halogens is 2. The van der Waals surface area contributed by atoms with Gasteiger partial charge in [0, 0.05) is 16.8 Å². The van der Waals surface area contributed by atoms with Gasteiger partial charge in [0.15, 0.2) is 0 Å². The van der Waals surface area contributed by atoms with Crippen LogP contribution in [0.2, 0.25) is 10.0 Å². The van der Waals surface area contributed by atoms with Crippen LogP contribution >= 0.6 is 23.2 Å². The summed E-state index contributed by atoms with van der Waals surface area (Å²) in [6.07, 6.45) is 1.67. The van der Waals surface area contributed by atoms with E-state index in [1.807, 2.05) is 12.1 Å². The Labute approximate surface area is 104 Å². The lowest BCUT2D eigenvalue weighted by Gasteiger charge is -2.06. The van der Waals surface area contributed by atoms with Crippen molar-refractivity contribution >= 4 is 23.2 Å². The second-order valence-electron chi connectivity index (χ2n) is 3.21. The van der Waals surface area contributed by atoms with Gasteiger partial charge >= 0.3 is 0 Å². The molecule has 82 valence electrons. The van der Waals surface area contributed by atoms with Crippen LogP contribution in [0.5, 0.6) is 5.75 Å². The number of rotatable bonds is 2. The van der Waals surface area contributed by atoms with E-state index in [2.05, 4.69) is 4.98 Å². The zero-order chi connectivity index (χ0) is 11.5. The lowest BCUT2D eigenvalue weighted by molar-refractivity contribution is 0.415. The smallest absolute Gasteiger partial charge is 0.138 e. The zero-order valence-corrected chi connectivity index (χ0v) is 10.1. The topological polar surface area (TPSA) is 22.1 Å². The third kappa shape index (κ3) is 2.29. The number of pyridine rings is 1. The van der Waals surface area contributed by atoms with Crippen LogP contribution in [-0.2, 0) is 0 Å². The Morgan fingerprint density at radius 2 is 1.94 bits per heavy atom. The van der Waals surface area contributed by atoms with Gasteiger partial charge in [-0.2, -0.15) is 0 Å². The summed E-state index contributed by atoms with van der Waals surface area (Å²) in [7, 11) is 1.58. The van der Waals surface area contributed by atoms with E-state index in [0.717, 1.165) is 11.3 Å². The van der Waals surface area contributed by atoms with Gasteiger partial charge in [-0.05, 0) is 24.3 Å².